The van der Waals surface area contributed by atoms with Crippen LogP contribution in [0.3, 0.4) is 0 Å². The second-order valence-corrected chi connectivity index (χ2v) is 5.87. The van der Waals surface area contributed by atoms with Gasteiger partial charge in [-0.05, 0) is 25.3 Å². The van der Waals surface area contributed by atoms with Gasteiger partial charge in [0, 0.05) is 5.56 Å². The number of carbonyl (C=O) groups excluding carboxylic acids is 3. The average Bonchev–Trinajstić information content (AvgIpc) is 2.88. The van der Waals surface area contributed by atoms with Crippen molar-refractivity contribution < 1.29 is 19.5 Å². The van der Waals surface area contributed by atoms with Crippen LogP contribution in [0.4, 0.5) is 0 Å². The van der Waals surface area contributed by atoms with E-state index in [1.54, 1.807) is 25.3 Å². The molecule has 0 aromatic carbocycles. The smallest absolute Gasteiger partial charge is 0.266 e. The average molecular weight is 306 g/mol. The van der Waals surface area contributed by atoms with Crippen LogP contribution in [-0.2, 0) is 9.59 Å². The summed E-state index contributed by atoms with van der Waals surface area (Å²) in [6.45, 7) is 2.68. The molecule has 2 N–H and O–H groups in total. The SMILES string of the molecule is CC1(C)C(=O)NC(=O)CN1C(=O)c1sccc1C#CCO. The maximum Gasteiger partial charge on any atom is 0.266 e. The number of piperazine rings is 1. The zero-order valence-corrected chi connectivity index (χ0v) is 12.4. The summed E-state index contributed by atoms with van der Waals surface area (Å²) >= 11 is 1.19. The predicted octanol–water partition coefficient (Wildman–Crippen LogP) is -0.0309. The molecule has 2 rings (SSSR count). The fraction of sp³-hybridized carbons (Fsp3) is 0.357. The number of nitrogens with zero attached hydrogens (tertiary/aromatic N) is 1. The van der Waals surface area contributed by atoms with Crippen LogP contribution in [0.25, 0.3) is 0 Å². The third kappa shape index (κ3) is 2.82. The molecule has 0 unspecified atom stereocenters. The van der Waals surface area contributed by atoms with Gasteiger partial charge in [-0.15, -0.1) is 11.3 Å². The fourth-order valence-corrected chi connectivity index (χ4v) is 2.74. The second-order valence-electron chi connectivity index (χ2n) is 4.95. The topological polar surface area (TPSA) is 86.7 Å². The molecule has 1 fully saturated rings. The van der Waals surface area contributed by atoms with Crippen molar-refractivity contribution in [2.75, 3.05) is 13.2 Å². The van der Waals surface area contributed by atoms with Gasteiger partial charge < -0.3 is 10.0 Å². The lowest BCUT2D eigenvalue weighted by Gasteiger charge is -2.39. The zero-order chi connectivity index (χ0) is 15.6. The summed E-state index contributed by atoms with van der Waals surface area (Å²) in [5.41, 5.74) is -0.635. The third-order valence-electron chi connectivity index (χ3n) is 3.19. The van der Waals surface area contributed by atoms with Crippen LogP contribution in [0, 0.1) is 11.8 Å². The molecule has 1 aromatic heterocycles. The second kappa shape index (κ2) is 5.68. The van der Waals surface area contributed by atoms with Crippen LogP contribution in [0.15, 0.2) is 11.4 Å². The minimum atomic E-state index is -1.11. The van der Waals surface area contributed by atoms with Crippen molar-refractivity contribution in [3.05, 3.63) is 21.9 Å². The molecule has 0 spiro atoms. The van der Waals surface area contributed by atoms with E-state index in [4.69, 9.17) is 5.11 Å². The Hall–Kier alpha value is -2.17. The Morgan fingerprint density at radius 3 is 2.90 bits per heavy atom. The van der Waals surface area contributed by atoms with E-state index in [0.29, 0.717) is 10.4 Å². The van der Waals surface area contributed by atoms with Gasteiger partial charge in [0.25, 0.3) is 11.8 Å². The molecule has 0 bridgehead atoms. The minimum Gasteiger partial charge on any atom is -0.384 e. The number of hydrogen-bond acceptors (Lipinski definition) is 5. The summed E-state index contributed by atoms with van der Waals surface area (Å²) in [7, 11) is 0. The van der Waals surface area contributed by atoms with Gasteiger partial charge in [-0.3, -0.25) is 19.7 Å². The molecule has 6 nitrogen and oxygen atoms in total. The van der Waals surface area contributed by atoms with Gasteiger partial charge in [0.05, 0.1) is 0 Å². The number of imide groups is 1. The van der Waals surface area contributed by atoms with Gasteiger partial charge in [-0.2, -0.15) is 0 Å². The fourth-order valence-electron chi connectivity index (χ4n) is 1.94. The maximum absolute atomic E-state index is 12.6. The molecule has 0 aliphatic carbocycles. The summed E-state index contributed by atoms with van der Waals surface area (Å²) in [6, 6.07) is 1.67. The number of thiophene rings is 1. The Morgan fingerprint density at radius 1 is 1.52 bits per heavy atom. The van der Waals surface area contributed by atoms with Gasteiger partial charge in [0.15, 0.2) is 0 Å². The Morgan fingerprint density at radius 2 is 2.24 bits per heavy atom. The van der Waals surface area contributed by atoms with Crippen LogP contribution in [-0.4, -0.2) is 46.4 Å². The first-order chi connectivity index (χ1) is 9.87. The number of aliphatic hydroxyl groups is 1. The van der Waals surface area contributed by atoms with E-state index < -0.39 is 23.3 Å². The lowest BCUT2D eigenvalue weighted by molar-refractivity contribution is -0.143. The van der Waals surface area contributed by atoms with Crippen molar-refractivity contribution in [3.63, 3.8) is 0 Å². The molecule has 0 atom stereocenters. The van der Waals surface area contributed by atoms with Gasteiger partial charge in [0.1, 0.15) is 23.6 Å². The maximum atomic E-state index is 12.6. The van der Waals surface area contributed by atoms with Crippen molar-refractivity contribution in [1.29, 1.82) is 0 Å². The first-order valence-corrected chi connectivity index (χ1v) is 7.09. The highest BCUT2D eigenvalue weighted by atomic mass is 32.1. The van der Waals surface area contributed by atoms with E-state index in [1.165, 1.54) is 16.2 Å². The molecule has 3 amide bonds. The van der Waals surface area contributed by atoms with Crippen LogP contribution in [0.5, 0.6) is 0 Å². The normalized spacial score (nSPS) is 17.0. The zero-order valence-electron chi connectivity index (χ0n) is 11.6. The van der Waals surface area contributed by atoms with Crippen molar-refractivity contribution in [3.8, 4) is 11.8 Å². The molecule has 7 heteroatoms. The van der Waals surface area contributed by atoms with E-state index in [2.05, 4.69) is 17.2 Å². The highest BCUT2D eigenvalue weighted by Gasteiger charge is 2.44. The summed E-state index contributed by atoms with van der Waals surface area (Å²) in [6.07, 6.45) is 0. The van der Waals surface area contributed by atoms with E-state index in [0.717, 1.165) is 0 Å². The molecule has 1 aromatic rings. The van der Waals surface area contributed by atoms with Crippen molar-refractivity contribution >= 4 is 29.1 Å². The summed E-state index contributed by atoms with van der Waals surface area (Å²) in [4.78, 5) is 37.6. The molecule has 2 heterocycles. The standard InChI is InChI=1S/C14H14N2O4S/c1-14(2)13(20)15-10(18)8-16(14)12(19)11-9(4-3-6-17)5-7-21-11/h5,7,17H,6,8H2,1-2H3,(H,15,18,20). The Labute approximate surface area is 125 Å². The van der Waals surface area contributed by atoms with E-state index in [9.17, 15) is 14.4 Å². The van der Waals surface area contributed by atoms with Crippen molar-refractivity contribution in [2.24, 2.45) is 0 Å². The molecule has 1 aliphatic heterocycles. The Kier molecular flexibility index (Phi) is 4.11. The molecular weight excluding hydrogens is 292 g/mol. The highest BCUT2D eigenvalue weighted by molar-refractivity contribution is 7.12. The van der Waals surface area contributed by atoms with Gasteiger partial charge in [-0.1, -0.05) is 11.8 Å². The van der Waals surface area contributed by atoms with Crippen LogP contribution < -0.4 is 5.32 Å². The molecule has 21 heavy (non-hydrogen) atoms. The van der Waals surface area contributed by atoms with Crippen molar-refractivity contribution in [1.82, 2.24) is 10.2 Å². The molecule has 1 aliphatic rings. The molecule has 1 saturated heterocycles. The number of hydrogen-bond donors (Lipinski definition) is 2. The Bertz CT molecular complexity index is 666. The van der Waals surface area contributed by atoms with Crippen molar-refractivity contribution in [2.45, 2.75) is 19.4 Å². The lowest BCUT2D eigenvalue weighted by Crippen LogP contribution is -2.65. The first-order valence-electron chi connectivity index (χ1n) is 6.21. The lowest BCUT2D eigenvalue weighted by atomic mass is 9.98. The number of nitrogens with one attached hydrogen (secondary N) is 1. The summed E-state index contributed by atoms with van der Waals surface area (Å²) in [5, 5.41) is 12.7. The van der Waals surface area contributed by atoms with Crippen LogP contribution in [0.1, 0.15) is 29.1 Å². The molecule has 0 saturated carbocycles. The number of aliphatic hydroxyl groups excluding tert-OH is 1. The molecule has 0 radical (unpaired) electrons. The van der Waals surface area contributed by atoms with E-state index in [-0.39, 0.29) is 13.2 Å². The minimum absolute atomic E-state index is 0.178. The van der Waals surface area contributed by atoms with Gasteiger partial charge in [-0.25, -0.2) is 0 Å². The number of carbonyl (C=O) groups is 3. The summed E-state index contributed by atoms with van der Waals surface area (Å²) in [5.74, 6) is 3.74. The predicted molar refractivity (Wildman–Crippen MR) is 76.5 cm³/mol. The van der Waals surface area contributed by atoms with Gasteiger partial charge in [0.2, 0.25) is 5.91 Å². The largest absolute Gasteiger partial charge is 0.384 e. The van der Waals surface area contributed by atoms with E-state index >= 15 is 0 Å². The number of amides is 3. The first kappa shape index (κ1) is 15.2. The third-order valence-corrected chi connectivity index (χ3v) is 4.09. The Balaban J connectivity index is 2.37. The van der Waals surface area contributed by atoms with Crippen LogP contribution >= 0.6 is 11.3 Å². The number of rotatable bonds is 1. The summed E-state index contributed by atoms with van der Waals surface area (Å²) < 4.78 is 0. The highest BCUT2D eigenvalue weighted by Crippen LogP contribution is 2.25. The van der Waals surface area contributed by atoms with E-state index in [1.807, 2.05) is 0 Å². The van der Waals surface area contributed by atoms with Crippen LogP contribution in [0.2, 0.25) is 0 Å². The molecule has 110 valence electrons. The quantitative estimate of drug-likeness (QED) is 0.563. The van der Waals surface area contributed by atoms with Gasteiger partial charge >= 0.3 is 0 Å². The molecular formula is C14H14N2O4S. The monoisotopic (exact) mass is 306 g/mol.